The van der Waals surface area contributed by atoms with Gasteiger partial charge in [0.25, 0.3) is 5.91 Å². The predicted octanol–water partition coefficient (Wildman–Crippen LogP) is 3.99. The van der Waals surface area contributed by atoms with Gasteiger partial charge >= 0.3 is 0 Å². The van der Waals surface area contributed by atoms with Crippen LogP contribution in [0.15, 0.2) is 30.3 Å². The fourth-order valence-corrected chi connectivity index (χ4v) is 4.31. The normalized spacial score (nSPS) is 15.4. The lowest BCUT2D eigenvalue weighted by Gasteiger charge is -2.33. The second-order valence-corrected chi connectivity index (χ2v) is 8.14. The molecule has 4 aromatic rings. The van der Waals surface area contributed by atoms with Gasteiger partial charge in [0.15, 0.2) is 23.3 Å². The van der Waals surface area contributed by atoms with Crippen LogP contribution in [0, 0.1) is 23.3 Å². The number of nitrogens with one attached hydrogen (secondary N) is 1. The number of aliphatic hydroxyl groups is 1. The van der Waals surface area contributed by atoms with Crippen LogP contribution in [0.5, 0.6) is 5.88 Å². The van der Waals surface area contributed by atoms with Gasteiger partial charge in [0.05, 0.1) is 31.6 Å². The summed E-state index contributed by atoms with van der Waals surface area (Å²) in [5.41, 5.74) is 1.16. The van der Waals surface area contributed by atoms with Gasteiger partial charge in [-0.25, -0.2) is 22.5 Å². The summed E-state index contributed by atoms with van der Waals surface area (Å²) >= 11 is 0. The zero-order chi connectivity index (χ0) is 24.9. The second-order valence-electron chi connectivity index (χ2n) is 8.14. The molecule has 1 aliphatic heterocycles. The van der Waals surface area contributed by atoms with E-state index in [0.29, 0.717) is 16.6 Å². The molecule has 0 aliphatic carbocycles. The van der Waals surface area contributed by atoms with Crippen LogP contribution in [-0.4, -0.2) is 52.7 Å². The van der Waals surface area contributed by atoms with Crippen molar-refractivity contribution in [3.8, 4) is 5.88 Å². The zero-order valence-electron chi connectivity index (χ0n) is 18.4. The maximum Gasteiger partial charge on any atom is 0.270 e. The maximum atomic E-state index is 14.3. The molecule has 1 aliphatic rings. The SMILES string of the molecule is CN(C(=O)c1cc2cc(F)c(F)cc2[nH]1)[C@@H]1COCc2nc(OCCO)c3cc(F)c(F)cc3c21. The molecule has 5 rings (SSSR count). The summed E-state index contributed by atoms with van der Waals surface area (Å²) in [6.07, 6.45) is 0. The Kier molecular flexibility index (Phi) is 5.81. The van der Waals surface area contributed by atoms with E-state index in [1.807, 2.05) is 0 Å². The molecule has 2 aromatic heterocycles. The highest BCUT2D eigenvalue weighted by Crippen LogP contribution is 2.39. The van der Waals surface area contributed by atoms with Crippen molar-refractivity contribution >= 4 is 27.6 Å². The Labute approximate surface area is 195 Å². The Bertz CT molecular complexity index is 1430. The Balaban J connectivity index is 1.59. The highest BCUT2D eigenvalue weighted by atomic mass is 19.2. The molecule has 0 fully saturated rings. The van der Waals surface area contributed by atoms with Crippen molar-refractivity contribution in [2.75, 3.05) is 26.9 Å². The Morgan fingerprint density at radius 2 is 1.80 bits per heavy atom. The lowest BCUT2D eigenvalue weighted by Crippen LogP contribution is -2.37. The standard InChI is InChI=1S/C24H19F4N3O4/c1-31(24(33)19-5-11-4-14(25)17(28)8-18(11)29-19)21-10-34-9-20-22(21)12-6-15(26)16(27)7-13(12)23(30-20)35-3-2-32/h4-8,21,29,32H,2-3,9-10H2,1H3/t21-/m1/s1. The number of aliphatic hydroxyl groups excluding tert-OH is 1. The molecule has 1 amide bonds. The Morgan fingerprint density at radius 3 is 2.54 bits per heavy atom. The van der Waals surface area contributed by atoms with Crippen molar-refractivity contribution in [1.82, 2.24) is 14.9 Å². The summed E-state index contributed by atoms with van der Waals surface area (Å²) in [6, 6.07) is 4.58. The monoisotopic (exact) mass is 489 g/mol. The number of benzene rings is 2. The molecule has 3 heterocycles. The van der Waals surface area contributed by atoms with Crippen LogP contribution in [0.1, 0.15) is 27.8 Å². The van der Waals surface area contributed by atoms with Crippen molar-refractivity contribution in [3.63, 3.8) is 0 Å². The van der Waals surface area contributed by atoms with E-state index in [2.05, 4.69) is 9.97 Å². The number of likely N-dealkylation sites (N-methyl/N-ethyl adjacent to an activating group) is 1. The van der Waals surface area contributed by atoms with E-state index in [-0.39, 0.29) is 54.3 Å². The van der Waals surface area contributed by atoms with E-state index in [4.69, 9.17) is 14.6 Å². The van der Waals surface area contributed by atoms with Crippen LogP contribution in [-0.2, 0) is 11.3 Å². The lowest BCUT2D eigenvalue weighted by atomic mass is 9.95. The third-order valence-corrected chi connectivity index (χ3v) is 5.99. The first-order valence-corrected chi connectivity index (χ1v) is 10.7. The number of aromatic nitrogens is 2. The summed E-state index contributed by atoms with van der Waals surface area (Å²) in [7, 11) is 1.50. The number of nitrogens with zero attached hydrogens (tertiary/aromatic N) is 2. The van der Waals surface area contributed by atoms with Crippen molar-refractivity contribution in [1.29, 1.82) is 0 Å². The van der Waals surface area contributed by atoms with Gasteiger partial charge in [-0.1, -0.05) is 0 Å². The van der Waals surface area contributed by atoms with Gasteiger partial charge in [0, 0.05) is 35.0 Å². The van der Waals surface area contributed by atoms with Gasteiger partial charge in [-0.15, -0.1) is 0 Å². The van der Waals surface area contributed by atoms with E-state index in [1.165, 1.54) is 18.0 Å². The smallest absolute Gasteiger partial charge is 0.270 e. The molecule has 7 nitrogen and oxygen atoms in total. The summed E-state index contributed by atoms with van der Waals surface area (Å²) in [5.74, 6) is -4.78. The number of amides is 1. The number of aromatic amines is 1. The molecular formula is C24H19F4N3O4. The zero-order valence-corrected chi connectivity index (χ0v) is 18.4. The Morgan fingerprint density at radius 1 is 1.11 bits per heavy atom. The minimum absolute atomic E-state index is 0.00426. The molecule has 0 bridgehead atoms. The molecule has 0 unspecified atom stereocenters. The molecule has 0 spiro atoms. The lowest BCUT2D eigenvalue weighted by molar-refractivity contribution is 0.0331. The number of hydrogen-bond donors (Lipinski definition) is 2. The number of fused-ring (bicyclic) bond motifs is 4. The average Bonchev–Trinajstić information content (AvgIpc) is 3.25. The second kappa shape index (κ2) is 8.82. The average molecular weight is 489 g/mol. The molecule has 0 radical (unpaired) electrons. The number of pyridine rings is 1. The number of carbonyl (C=O) groups excluding carboxylic acids is 1. The first-order valence-electron chi connectivity index (χ1n) is 10.7. The molecule has 1 atom stereocenters. The van der Waals surface area contributed by atoms with E-state index in [0.717, 1.165) is 24.3 Å². The van der Waals surface area contributed by atoms with Gasteiger partial charge in [-0.05, 0) is 29.7 Å². The number of H-pyrrole nitrogens is 1. The highest BCUT2D eigenvalue weighted by Gasteiger charge is 2.33. The largest absolute Gasteiger partial charge is 0.475 e. The molecule has 35 heavy (non-hydrogen) atoms. The molecule has 182 valence electrons. The van der Waals surface area contributed by atoms with Crippen LogP contribution in [0.4, 0.5) is 17.6 Å². The number of halogens is 4. The number of hydrogen-bond acceptors (Lipinski definition) is 5. The van der Waals surface area contributed by atoms with Gasteiger partial charge in [-0.3, -0.25) is 4.79 Å². The quantitative estimate of drug-likeness (QED) is 0.414. The molecule has 2 aromatic carbocycles. The minimum atomic E-state index is -1.10. The summed E-state index contributed by atoms with van der Waals surface area (Å²) < 4.78 is 66.6. The Hall–Kier alpha value is -3.70. The van der Waals surface area contributed by atoms with Crippen molar-refractivity contribution in [3.05, 3.63) is 70.6 Å². The molecular weight excluding hydrogens is 470 g/mol. The van der Waals surface area contributed by atoms with Crippen LogP contribution >= 0.6 is 0 Å². The van der Waals surface area contributed by atoms with E-state index >= 15 is 0 Å². The summed E-state index contributed by atoms with van der Waals surface area (Å²) in [5, 5.41) is 9.89. The van der Waals surface area contributed by atoms with E-state index < -0.39 is 35.2 Å². The van der Waals surface area contributed by atoms with E-state index in [1.54, 1.807) is 0 Å². The summed E-state index contributed by atoms with van der Waals surface area (Å²) in [6.45, 7) is -0.322. The number of ether oxygens (including phenoxy) is 2. The van der Waals surface area contributed by atoms with Gasteiger partial charge in [-0.2, -0.15) is 0 Å². The van der Waals surface area contributed by atoms with Gasteiger partial charge < -0.3 is 24.5 Å². The fourth-order valence-electron chi connectivity index (χ4n) is 4.31. The highest BCUT2D eigenvalue weighted by molar-refractivity contribution is 5.99. The molecule has 11 heteroatoms. The molecule has 2 N–H and O–H groups in total. The van der Waals surface area contributed by atoms with Crippen molar-refractivity contribution in [2.24, 2.45) is 0 Å². The van der Waals surface area contributed by atoms with Crippen LogP contribution in [0.3, 0.4) is 0 Å². The van der Waals surface area contributed by atoms with Gasteiger partial charge in [0.2, 0.25) is 5.88 Å². The maximum absolute atomic E-state index is 14.3. The number of rotatable bonds is 5. The van der Waals surface area contributed by atoms with Crippen LogP contribution in [0.25, 0.3) is 21.7 Å². The van der Waals surface area contributed by atoms with Crippen molar-refractivity contribution in [2.45, 2.75) is 12.6 Å². The molecule has 0 saturated carbocycles. The number of carbonyl (C=O) groups is 1. The van der Waals surface area contributed by atoms with Gasteiger partial charge in [0.1, 0.15) is 12.3 Å². The summed E-state index contributed by atoms with van der Waals surface area (Å²) in [4.78, 5) is 21.8. The third kappa shape index (κ3) is 3.96. The predicted molar refractivity (Wildman–Crippen MR) is 117 cm³/mol. The fraction of sp³-hybridized carbons (Fsp3) is 0.250. The molecule has 0 saturated heterocycles. The minimum Gasteiger partial charge on any atom is -0.475 e. The van der Waals surface area contributed by atoms with E-state index in [9.17, 15) is 22.4 Å². The van der Waals surface area contributed by atoms with Crippen molar-refractivity contribution < 1.29 is 36.9 Å². The first kappa shape index (κ1) is 23.1. The third-order valence-electron chi connectivity index (χ3n) is 5.99. The first-order chi connectivity index (χ1) is 16.8. The van der Waals surface area contributed by atoms with Crippen LogP contribution < -0.4 is 4.74 Å². The topological polar surface area (TPSA) is 87.7 Å². The van der Waals surface area contributed by atoms with Crippen LogP contribution in [0.2, 0.25) is 0 Å².